The molecule has 0 radical (unpaired) electrons. The van der Waals surface area contributed by atoms with Crippen molar-refractivity contribution in [1.29, 1.82) is 0 Å². The molecule has 0 bridgehead atoms. The Morgan fingerprint density at radius 2 is 2.00 bits per heavy atom. The molecule has 0 aromatic heterocycles. The number of aliphatic carboxylic acids is 1. The van der Waals surface area contributed by atoms with Crippen LogP contribution in [-0.4, -0.2) is 34.5 Å². The Morgan fingerprint density at radius 3 is 2.68 bits per heavy atom. The van der Waals surface area contributed by atoms with Crippen LogP contribution in [0.5, 0.6) is 0 Å². The second kappa shape index (κ2) is 4.68. The van der Waals surface area contributed by atoms with Crippen molar-refractivity contribution in [2.75, 3.05) is 6.54 Å². The maximum Gasteiger partial charge on any atom is 0.308 e. The minimum Gasteiger partial charge on any atom is -0.481 e. The van der Waals surface area contributed by atoms with Gasteiger partial charge >= 0.3 is 5.97 Å². The first kappa shape index (κ1) is 12.2. The third-order valence-electron chi connectivity index (χ3n) is 4.18. The summed E-state index contributed by atoms with van der Waals surface area (Å²) in [5.74, 6) is -0.678. The zero-order valence-corrected chi connectivity index (χ0v) is 10.7. The highest BCUT2D eigenvalue weighted by atomic mass is 16.4. The summed E-state index contributed by atoms with van der Waals surface area (Å²) in [5.41, 5.74) is 1.25. The third-order valence-corrected chi connectivity index (χ3v) is 4.18. The van der Waals surface area contributed by atoms with Crippen LogP contribution in [0.2, 0.25) is 0 Å². The molecule has 1 heterocycles. The molecule has 1 amide bonds. The molecule has 3 rings (SSSR count). The van der Waals surface area contributed by atoms with E-state index in [9.17, 15) is 9.59 Å². The standard InChI is InChI=1S/C15H17NO3/c17-14-7-6-11(15(18)19)9-16(14)13-8-12(13)10-4-2-1-3-5-10/h1-5,11-13H,6-9H2,(H,18,19). The fourth-order valence-electron chi connectivity index (χ4n) is 2.98. The van der Waals surface area contributed by atoms with Crippen LogP contribution in [0.25, 0.3) is 0 Å². The van der Waals surface area contributed by atoms with Gasteiger partial charge in [0.2, 0.25) is 5.91 Å². The molecule has 1 saturated heterocycles. The van der Waals surface area contributed by atoms with Crippen molar-refractivity contribution in [3.63, 3.8) is 0 Å². The van der Waals surface area contributed by atoms with E-state index < -0.39 is 11.9 Å². The second-order valence-corrected chi connectivity index (χ2v) is 5.44. The summed E-state index contributed by atoms with van der Waals surface area (Å²) in [5, 5.41) is 9.09. The molecule has 2 aliphatic rings. The van der Waals surface area contributed by atoms with Gasteiger partial charge in [-0.3, -0.25) is 9.59 Å². The van der Waals surface area contributed by atoms with E-state index in [2.05, 4.69) is 12.1 Å². The summed E-state index contributed by atoms with van der Waals surface area (Å²) in [4.78, 5) is 24.8. The minimum atomic E-state index is -0.783. The van der Waals surface area contributed by atoms with Gasteiger partial charge in [-0.2, -0.15) is 0 Å². The van der Waals surface area contributed by atoms with E-state index in [-0.39, 0.29) is 11.9 Å². The average Bonchev–Trinajstić information content (AvgIpc) is 3.20. The van der Waals surface area contributed by atoms with Gasteiger partial charge in [-0.1, -0.05) is 30.3 Å². The summed E-state index contributed by atoms with van der Waals surface area (Å²) in [6.07, 6.45) is 1.81. The van der Waals surface area contributed by atoms with E-state index in [0.29, 0.717) is 25.3 Å². The van der Waals surface area contributed by atoms with E-state index in [1.54, 1.807) is 4.90 Å². The molecule has 3 unspecified atom stereocenters. The van der Waals surface area contributed by atoms with Crippen molar-refractivity contribution in [3.8, 4) is 0 Å². The quantitative estimate of drug-likeness (QED) is 0.901. The van der Waals surface area contributed by atoms with Crippen LogP contribution in [-0.2, 0) is 9.59 Å². The summed E-state index contributed by atoms with van der Waals surface area (Å²) in [7, 11) is 0. The van der Waals surface area contributed by atoms with Crippen molar-refractivity contribution in [3.05, 3.63) is 35.9 Å². The summed E-state index contributed by atoms with van der Waals surface area (Å²) < 4.78 is 0. The summed E-state index contributed by atoms with van der Waals surface area (Å²) in [6.45, 7) is 0.377. The molecular weight excluding hydrogens is 242 g/mol. The molecular formula is C15H17NO3. The molecule has 1 aromatic rings. The first-order valence-corrected chi connectivity index (χ1v) is 6.74. The minimum absolute atomic E-state index is 0.112. The van der Waals surface area contributed by atoms with E-state index in [1.165, 1.54) is 5.56 Å². The molecule has 4 nitrogen and oxygen atoms in total. The fraction of sp³-hybridized carbons (Fsp3) is 0.467. The number of hydrogen-bond acceptors (Lipinski definition) is 2. The third kappa shape index (κ3) is 2.35. The van der Waals surface area contributed by atoms with Gasteiger partial charge in [0.15, 0.2) is 0 Å². The van der Waals surface area contributed by atoms with Gasteiger partial charge in [0, 0.05) is 24.9 Å². The van der Waals surface area contributed by atoms with Gasteiger partial charge in [-0.25, -0.2) is 0 Å². The molecule has 0 spiro atoms. The zero-order chi connectivity index (χ0) is 13.4. The summed E-state index contributed by atoms with van der Waals surface area (Å²) in [6, 6.07) is 10.3. The van der Waals surface area contributed by atoms with Crippen molar-refractivity contribution in [2.45, 2.75) is 31.2 Å². The second-order valence-electron chi connectivity index (χ2n) is 5.44. The van der Waals surface area contributed by atoms with Gasteiger partial charge in [0.05, 0.1) is 5.92 Å². The number of carboxylic acid groups (broad SMARTS) is 1. The van der Waals surface area contributed by atoms with Crippen LogP contribution in [0.1, 0.15) is 30.7 Å². The number of rotatable bonds is 3. The Kier molecular flexibility index (Phi) is 3.01. The SMILES string of the molecule is O=C(O)C1CCC(=O)N(C2CC2c2ccccc2)C1. The largest absolute Gasteiger partial charge is 0.481 e. The van der Waals surface area contributed by atoms with Crippen LogP contribution in [0.15, 0.2) is 30.3 Å². The molecule has 1 saturated carbocycles. The Balaban J connectivity index is 1.70. The van der Waals surface area contributed by atoms with E-state index in [4.69, 9.17) is 5.11 Å². The number of likely N-dealkylation sites (tertiary alicyclic amines) is 1. The molecule has 1 N–H and O–H groups in total. The maximum atomic E-state index is 12.0. The molecule has 1 aromatic carbocycles. The van der Waals surface area contributed by atoms with Gasteiger partial charge in [0.25, 0.3) is 0 Å². The molecule has 19 heavy (non-hydrogen) atoms. The predicted molar refractivity (Wildman–Crippen MR) is 69.7 cm³/mol. The Hall–Kier alpha value is -1.84. The number of carboxylic acids is 1. The van der Waals surface area contributed by atoms with E-state index in [0.717, 1.165) is 6.42 Å². The Morgan fingerprint density at radius 1 is 1.26 bits per heavy atom. The monoisotopic (exact) mass is 259 g/mol. The maximum absolute atomic E-state index is 12.0. The zero-order valence-electron chi connectivity index (χ0n) is 10.7. The topological polar surface area (TPSA) is 57.6 Å². The fourth-order valence-corrected chi connectivity index (χ4v) is 2.98. The smallest absolute Gasteiger partial charge is 0.308 e. The van der Waals surface area contributed by atoms with Crippen molar-refractivity contribution < 1.29 is 14.7 Å². The van der Waals surface area contributed by atoms with Gasteiger partial charge in [-0.15, -0.1) is 0 Å². The lowest BCUT2D eigenvalue weighted by Gasteiger charge is -2.31. The molecule has 3 atom stereocenters. The van der Waals surface area contributed by atoms with Gasteiger partial charge < -0.3 is 10.0 Å². The highest BCUT2D eigenvalue weighted by Crippen LogP contribution is 2.46. The molecule has 1 aliphatic carbocycles. The predicted octanol–water partition coefficient (Wildman–Crippen LogP) is 1.87. The average molecular weight is 259 g/mol. The van der Waals surface area contributed by atoms with Gasteiger partial charge in [-0.05, 0) is 18.4 Å². The Bertz CT molecular complexity index is 499. The number of benzene rings is 1. The van der Waals surface area contributed by atoms with Crippen LogP contribution in [0.3, 0.4) is 0 Å². The highest BCUT2D eigenvalue weighted by Gasteiger charge is 2.47. The molecule has 4 heteroatoms. The number of carbonyl (C=O) groups excluding carboxylic acids is 1. The van der Waals surface area contributed by atoms with Crippen LogP contribution in [0.4, 0.5) is 0 Å². The molecule has 100 valence electrons. The number of carbonyl (C=O) groups is 2. The van der Waals surface area contributed by atoms with E-state index >= 15 is 0 Å². The van der Waals surface area contributed by atoms with Crippen molar-refractivity contribution in [1.82, 2.24) is 4.90 Å². The van der Waals surface area contributed by atoms with Crippen molar-refractivity contribution >= 4 is 11.9 Å². The Labute approximate surface area is 112 Å². The number of amides is 1. The number of nitrogens with zero attached hydrogens (tertiary/aromatic N) is 1. The first-order chi connectivity index (χ1) is 9.16. The molecule has 1 aliphatic heterocycles. The summed E-state index contributed by atoms with van der Waals surface area (Å²) >= 11 is 0. The van der Waals surface area contributed by atoms with Gasteiger partial charge in [0.1, 0.15) is 0 Å². The number of hydrogen-bond donors (Lipinski definition) is 1. The van der Waals surface area contributed by atoms with E-state index in [1.807, 2.05) is 18.2 Å². The normalized spacial score (nSPS) is 30.2. The van der Waals surface area contributed by atoms with Crippen LogP contribution >= 0.6 is 0 Å². The van der Waals surface area contributed by atoms with Crippen LogP contribution < -0.4 is 0 Å². The number of piperidine rings is 1. The lowest BCUT2D eigenvalue weighted by Crippen LogP contribution is -2.44. The van der Waals surface area contributed by atoms with Crippen LogP contribution in [0, 0.1) is 5.92 Å². The lowest BCUT2D eigenvalue weighted by molar-refractivity contribution is -0.147. The highest BCUT2D eigenvalue weighted by molar-refractivity contribution is 5.81. The molecule has 2 fully saturated rings. The lowest BCUT2D eigenvalue weighted by atomic mass is 9.97. The first-order valence-electron chi connectivity index (χ1n) is 6.74. The van der Waals surface area contributed by atoms with Crippen molar-refractivity contribution in [2.24, 2.45) is 5.92 Å².